The minimum atomic E-state index is 0.401. The van der Waals surface area contributed by atoms with Gasteiger partial charge in [0.1, 0.15) is 0 Å². The van der Waals surface area contributed by atoms with Crippen LogP contribution in [-0.4, -0.2) is 0 Å². The number of hydrogen-bond donors (Lipinski definition) is 0. The van der Waals surface area contributed by atoms with Gasteiger partial charge in [-0.2, -0.15) is 5.26 Å². The van der Waals surface area contributed by atoms with E-state index in [-0.39, 0.29) is 0 Å². The van der Waals surface area contributed by atoms with E-state index >= 15 is 0 Å². The van der Waals surface area contributed by atoms with Gasteiger partial charge in [-0.25, -0.2) is 4.85 Å². The number of rotatable bonds is 0. The van der Waals surface area contributed by atoms with Crippen molar-refractivity contribution >= 4 is 5.69 Å². The molecule has 3 aliphatic rings. The quantitative estimate of drug-likeness (QED) is 0.639. The molecule has 0 saturated carbocycles. The summed E-state index contributed by atoms with van der Waals surface area (Å²) in [4.78, 5) is 3.55. The molecule has 2 heteroatoms. The Morgan fingerprint density at radius 3 is 2.25 bits per heavy atom. The lowest BCUT2D eigenvalue weighted by molar-refractivity contribution is 0.520. The molecule has 0 N–H and O–H groups in total. The van der Waals surface area contributed by atoms with Gasteiger partial charge in [0, 0.05) is 11.8 Å². The Morgan fingerprint density at radius 2 is 1.60 bits per heavy atom. The monoisotopic (exact) mass is 256 g/mol. The van der Waals surface area contributed by atoms with Crippen molar-refractivity contribution in [2.75, 3.05) is 0 Å². The molecule has 2 aromatic rings. The number of nitriles is 1. The average molecular weight is 256 g/mol. The van der Waals surface area contributed by atoms with Gasteiger partial charge in [-0.3, -0.25) is 0 Å². The van der Waals surface area contributed by atoms with Crippen LogP contribution in [-0.2, 0) is 0 Å². The fourth-order valence-electron chi connectivity index (χ4n) is 3.80. The zero-order valence-electron chi connectivity index (χ0n) is 10.9. The smallest absolute Gasteiger partial charge is 0.187 e. The van der Waals surface area contributed by atoms with Gasteiger partial charge in [-0.05, 0) is 47.2 Å². The molecule has 2 aromatic carbocycles. The normalized spacial score (nSPS) is 21.5. The summed E-state index contributed by atoms with van der Waals surface area (Å²) in [7, 11) is 0. The minimum Gasteiger partial charge on any atom is -0.238 e. The fourth-order valence-corrected chi connectivity index (χ4v) is 3.80. The van der Waals surface area contributed by atoms with Crippen molar-refractivity contribution in [2.45, 2.75) is 24.7 Å². The van der Waals surface area contributed by atoms with E-state index in [4.69, 9.17) is 11.8 Å². The molecule has 2 nitrogen and oxygen atoms in total. The van der Waals surface area contributed by atoms with Crippen LogP contribution in [0.4, 0.5) is 5.69 Å². The predicted molar refractivity (Wildman–Crippen MR) is 76.8 cm³/mol. The maximum atomic E-state index is 9.09. The molecule has 2 bridgehead atoms. The average Bonchev–Trinajstić information content (AvgIpc) is 2.54. The topological polar surface area (TPSA) is 28.1 Å². The molecule has 0 spiro atoms. The highest BCUT2D eigenvalue weighted by Crippen LogP contribution is 2.53. The molecule has 0 saturated heterocycles. The van der Waals surface area contributed by atoms with Gasteiger partial charge >= 0.3 is 0 Å². The standard InChI is InChI=1S/C18H12N2/c1-20-12-3-5-14-15-6-7-16(18(14)9-12)13-4-2-11(10-19)8-17(13)15/h2-5,8-9,15-16H,6-7H2. The number of hydrogen-bond acceptors (Lipinski definition) is 1. The lowest BCUT2D eigenvalue weighted by Crippen LogP contribution is -2.24. The Hall–Kier alpha value is -2.58. The molecular weight excluding hydrogens is 244 g/mol. The summed E-state index contributed by atoms with van der Waals surface area (Å²) in [5.74, 6) is 0.803. The zero-order chi connectivity index (χ0) is 13.7. The maximum Gasteiger partial charge on any atom is 0.187 e. The van der Waals surface area contributed by atoms with Crippen LogP contribution in [0, 0.1) is 17.9 Å². The van der Waals surface area contributed by atoms with Crippen molar-refractivity contribution in [1.29, 1.82) is 5.26 Å². The van der Waals surface area contributed by atoms with E-state index in [1.54, 1.807) is 0 Å². The summed E-state index contributed by atoms with van der Waals surface area (Å²) in [5, 5.41) is 9.09. The first kappa shape index (κ1) is 11.3. The SMILES string of the molecule is [C-]#[N+]c1ccc2c(c1)C1CCC2c2cc(C#N)ccc21. The molecule has 3 aliphatic carbocycles. The summed E-state index contributed by atoms with van der Waals surface area (Å²) < 4.78 is 0. The van der Waals surface area contributed by atoms with E-state index in [1.807, 2.05) is 12.1 Å². The molecule has 2 unspecified atom stereocenters. The van der Waals surface area contributed by atoms with E-state index < -0.39 is 0 Å². The first-order chi connectivity index (χ1) is 9.81. The van der Waals surface area contributed by atoms with Gasteiger partial charge in [0.15, 0.2) is 5.69 Å². The van der Waals surface area contributed by atoms with E-state index in [2.05, 4.69) is 35.2 Å². The number of benzene rings is 2. The van der Waals surface area contributed by atoms with Crippen LogP contribution in [0.5, 0.6) is 0 Å². The van der Waals surface area contributed by atoms with Gasteiger partial charge in [-0.15, -0.1) is 0 Å². The molecule has 20 heavy (non-hydrogen) atoms. The van der Waals surface area contributed by atoms with Crippen molar-refractivity contribution in [3.05, 3.63) is 75.6 Å². The molecule has 0 fully saturated rings. The first-order valence-electron chi connectivity index (χ1n) is 6.87. The molecular formula is C18H12N2. The highest BCUT2D eigenvalue weighted by Gasteiger charge is 2.37. The van der Waals surface area contributed by atoms with Gasteiger partial charge in [0.05, 0.1) is 18.2 Å². The summed E-state index contributed by atoms with van der Waals surface area (Å²) in [5.41, 5.74) is 6.84. The number of nitrogens with zero attached hydrogens (tertiary/aromatic N) is 2. The second-order valence-electron chi connectivity index (χ2n) is 5.56. The zero-order valence-corrected chi connectivity index (χ0v) is 10.9. The molecule has 0 aromatic heterocycles. The first-order valence-corrected chi connectivity index (χ1v) is 6.87. The Balaban J connectivity index is 1.95. The largest absolute Gasteiger partial charge is 0.238 e. The summed E-state index contributed by atoms with van der Waals surface area (Å²) in [6.07, 6.45) is 2.30. The highest BCUT2D eigenvalue weighted by molar-refractivity contribution is 5.61. The third-order valence-electron chi connectivity index (χ3n) is 4.66. The fraction of sp³-hybridized carbons (Fsp3) is 0.222. The Kier molecular flexibility index (Phi) is 2.23. The van der Waals surface area contributed by atoms with E-state index in [0.29, 0.717) is 11.8 Å². The molecule has 0 aliphatic heterocycles. The van der Waals surface area contributed by atoms with Crippen LogP contribution in [0.15, 0.2) is 36.4 Å². The van der Waals surface area contributed by atoms with Gasteiger partial charge in [0.2, 0.25) is 0 Å². The Bertz CT molecular complexity index is 736. The summed E-state index contributed by atoms with van der Waals surface area (Å²) in [6.45, 7) is 7.18. The summed E-state index contributed by atoms with van der Waals surface area (Å²) in [6, 6.07) is 14.4. The van der Waals surface area contributed by atoms with Crippen molar-refractivity contribution in [2.24, 2.45) is 0 Å². The van der Waals surface area contributed by atoms with E-state index in [1.165, 1.54) is 22.3 Å². The van der Waals surface area contributed by atoms with E-state index in [0.717, 1.165) is 24.1 Å². The van der Waals surface area contributed by atoms with Gasteiger partial charge in [-0.1, -0.05) is 24.3 Å². The third kappa shape index (κ3) is 1.37. The molecule has 5 rings (SSSR count). The van der Waals surface area contributed by atoms with Crippen LogP contribution in [0.1, 0.15) is 52.5 Å². The second kappa shape index (κ2) is 3.95. The van der Waals surface area contributed by atoms with Crippen LogP contribution < -0.4 is 0 Å². The van der Waals surface area contributed by atoms with Gasteiger partial charge in [0.25, 0.3) is 0 Å². The highest BCUT2D eigenvalue weighted by atomic mass is 14.6. The van der Waals surface area contributed by atoms with E-state index in [9.17, 15) is 0 Å². The van der Waals surface area contributed by atoms with Crippen molar-refractivity contribution in [3.8, 4) is 6.07 Å². The predicted octanol–water partition coefficient (Wildman–Crippen LogP) is 4.48. The molecule has 0 radical (unpaired) electrons. The molecule has 0 heterocycles. The lowest BCUT2D eigenvalue weighted by Gasteiger charge is -2.40. The van der Waals surface area contributed by atoms with Crippen LogP contribution in [0.25, 0.3) is 4.85 Å². The maximum absolute atomic E-state index is 9.09. The Morgan fingerprint density at radius 1 is 0.950 bits per heavy atom. The second-order valence-corrected chi connectivity index (χ2v) is 5.56. The lowest BCUT2D eigenvalue weighted by atomic mass is 9.63. The molecule has 2 atom stereocenters. The van der Waals surface area contributed by atoms with Crippen molar-refractivity contribution < 1.29 is 0 Å². The van der Waals surface area contributed by atoms with Crippen molar-refractivity contribution in [1.82, 2.24) is 0 Å². The van der Waals surface area contributed by atoms with Crippen LogP contribution in [0.3, 0.4) is 0 Å². The van der Waals surface area contributed by atoms with Crippen molar-refractivity contribution in [3.63, 3.8) is 0 Å². The van der Waals surface area contributed by atoms with Crippen LogP contribution in [0.2, 0.25) is 0 Å². The van der Waals surface area contributed by atoms with Gasteiger partial charge < -0.3 is 0 Å². The third-order valence-corrected chi connectivity index (χ3v) is 4.66. The molecule has 94 valence electrons. The Labute approximate surface area is 118 Å². The molecule has 0 amide bonds. The summed E-state index contributed by atoms with van der Waals surface area (Å²) >= 11 is 0. The minimum absolute atomic E-state index is 0.401. The van der Waals surface area contributed by atoms with Crippen LogP contribution >= 0.6 is 0 Å². The number of fused-ring (bicyclic) bond motifs is 1.